The number of benzene rings is 2. The summed E-state index contributed by atoms with van der Waals surface area (Å²) in [6, 6.07) is 11.6. The molecule has 0 aliphatic carbocycles. The van der Waals surface area contributed by atoms with Gasteiger partial charge >= 0.3 is 5.97 Å². The van der Waals surface area contributed by atoms with Gasteiger partial charge in [-0.15, -0.1) is 0 Å². The number of phenols is 1. The molecule has 0 aliphatic heterocycles. The minimum atomic E-state index is -0.967. The van der Waals surface area contributed by atoms with E-state index in [-0.39, 0.29) is 11.3 Å². The second-order valence-electron chi connectivity index (χ2n) is 3.58. The number of carbonyl (C=O) groups is 1. The van der Waals surface area contributed by atoms with E-state index < -0.39 is 5.97 Å². The summed E-state index contributed by atoms with van der Waals surface area (Å²) < 4.78 is 0.744. The molecule has 0 aliphatic rings. The number of rotatable bonds is 2. The van der Waals surface area contributed by atoms with Crippen LogP contribution in [0, 0.1) is 0 Å². The van der Waals surface area contributed by atoms with Crippen LogP contribution in [-0.4, -0.2) is 16.2 Å². The van der Waals surface area contributed by atoms with Crippen molar-refractivity contribution in [2.75, 3.05) is 0 Å². The number of carboxylic acid groups (broad SMARTS) is 1. The summed E-state index contributed by atoms with van der Waals surface area (Å²) in [5.41, 5.74) is 1.74. The maximum absolute atomic E-state index is 10.9. The van der Waals surface area contributed by atoms with E-state index in [4.69, 9.17) is 5.11 Å². The Morgan fingerprint density at radius 2 is 1.82 bits per heavy atom. The zero-order valence-corrected chi connectivity index (χ0v) is 10.3. The van der Waals surface area contributed by atoms with Crippen LogP contribution in [0.2, 0.25) is 0 Å². The molecule has 0 spiro atoms. The zero-order valence-electron chi connectivity index (χ0n) is 8.72. The van der Waals surface area contributed by atoms with Gasteiger partial charge < -0.3 is 10.2 Å². The van der Waals surface area contributed by atoms with Crippen LogP contribution in [0.5, 0.6) is 5.75 Å². The zero-order chi connectivity index (χ0) is 12.4. The van der Waals surface area contributed by atoms with Crippen LogP contribution < -0.4 is 0 Å². The fourth-order valence-corrected chi connectivity index (χ4v) is 2.05. The predicted octanol–water partition coefficient (Wildman–Crippen LogP) is 3.52. The smallest absolute Gasteiger partial charge is 0.335 e. The average Bonchev–Trinajstić information content (AvgIpc) is 2.28. The molecule has 2 rings (SSSR count). The third-order valence-corrected chi connectivity index (χ3v) is 2.78. The van der Waals surface area contributed by atoms with Crippen molar-refractivity contribution in [1.29, 1.82) is 0 Å². The molecule has 2 N–H and O–H groups in total. The van der Waals surface area contributed by atoms with E-state index in [1.807, 2.05) is 6.07 Å². The maximum atomic E-state index is 10.9. The fourth-order valence-electron chi connectivity index (χ4n) is 1.57. The van der Waals surface area contributed by atoms with Crippen LogP contribution in [0.15, 0.2) is 46.9 Å². The molecular formula is C13H9BrO3. The summed E-state index contributed by atoms with van der Waals surface area (Å²) in [6.07, 6.45) is 0. The number of aromatic carboxylic acids is 1. The molecule has 0 bridgehead atoms. The lowest BCUT2D eigenvalue weighted by Gasteiger charge is -2.04. The van der Waals surface area contributed by atoms with Crippen molar-refractivity contribution in [3.8, 4) is 16.9 Å². The number of hydrogen-bond acceptors (Lipinski definition) is 2. The van der Waals surface area contributed by atoms with E-state index in [9.17, 15) is 9.90 Å². The number of aromatic hydroxyl groups is 1. The van der Waals surface area contributed by atoms with Crippen LogP contribution >= 0.6 is 15.9 Å². The Labute approximate surface area is 106 Å². The van der Waals surface area contributed by atoms with Gasteiger partial charge in [0.2, 0.25) is 0 Å². The molecule has 0 radical (unpaired) electrons. The summed E-state index contributed by atoms with van der Waals surface area (Å²) >= 11 is 3.28. The summed E-state index contributed by atoms with van der Waals surface area (Å²) in [4.78, 5) is 10.9. The molecule has 17 heavy (non-hydrogen) atoms. The monoisotopic (exact) mass is 292 g/mol. The van der Waals surface area contributed by atoms with Gasteiger partial charge in [0.05, 0.1) is 5.56 Å². The minimum absolute atomic E-state index is 0.134. The van der Waals surface area contributed by atoms with Crippen molar-refractivity contribution in [3.05, 3.63) is 52.5 Å². The molecule has 0 fully saturated rings. The molecule has 0 unspecified atom stereocenters. The first kappa shape index (κ1) is 11.7. The number of hydrogen-bond donors (Lipinski definition) is 2. The van der Waals surface area contributed by atoms with E-state index in [0.29, 0.717) is 0 Å². The van der Waals surface area contributed by atoms with Gasteiger partial charge in [-0.2, -0.15) is 0 Å². The van der Waals surface area contributed by atoms with Gasteiger partial charge in [0.15, 0.2) is 0 Å². The molecular weight excluding hydrogens is 284 g/mol. The second-order valence-corrected chi connectivity index (χ2v) is 4.50. The van der Waals surface area contributed by atoms with Crippen LogP contribution in [-0.2, 0) is 0 Å². The molecule has 4 heteroatoms. The first-order valence-corrected chi connectivity index (χ1v) is 5.69. The highest BCUT2D eigenvalue weighted by Crippen LogP contribution is 2.28. The SMILES string of the molecule is O=C(O)c1cccc(-c2cc(O)cc(Br)c2)c1. The Hall–Kier alpha value is -1.81. The van der Waals surface area contributed by atoms with Gasteiger partial charge in [-0.1, -0.05) is 28.1 Å². The van der Waals surface area contributed by atoms with Crippen molar-refractivity contribution in [3.63, 3.8) is 0 Å². The minimum Gasteiger partial charge on any atom is -0.508 e. The van der Waals surface area contributed by atoms with Gasteiger partial charge in [0.1, 0.15) is 5.75 Å². The highest BCUT2D eigenvalue weighted by molar-refractivity contribution is 9.10. The van der Waals surface area contributed by atoms with E-state index in [1.165, 1.54) is 6.07 Å². The standard InChI is InChI=1S/C13H9BrO3/c14-11-5-10(6-12(15)7-11)8-2-1-3-9(4-8)13(16)17/h1-7,15H,(H,16,17). The second kappa shape index (κ2) is 4.59. The summed E-state index contributed by atoms with van der Waals surface area (Å²) in [7, 11) is 0. The molecule has 2 aromatic carbocycles. The van der Waals surface area contributed by atoms with Gasteiger partial charge in [-0.25, -0.2) is 4.79 Å². The Bertz CT molecular complexity index is 558. The fraction of sp³-hybridized carbons (Fsp3) is 0. The summed E-state index contributed by atoms with van der Waals surface area (Å²) in [5, 5.41) is 18.4. The maximum Gasteiger partial charge on any atom is 0.335 e. The van der Waals surface area contributed by atoms with Crippen molar-refractivity contribution in [1.82, 2.24) is 0 Å². The Morgan fingerprint density at radius 1 is 1.06 bits per heavy atom. The van der Waals surface area contributed by atoms with Gasteiger partial charge in [0, 0.05) is 4.47 Å². The molecule has 3 nitrogen and oxygen atoms in total. The number of phenolic OH excluding ortho intramolecular Hbond substituents is 1. The van der Waals surface area contributed by atoms with Gasteiger partial charge in [-0.3, -0.25) is 0 Å². The van der Waals surface area contributed by atoms with Crippen molar-refractivity contribution in [2.45, 2.75) is 0 Å². The van der Waals surface area contributed by atoms with Crippen molar-refractivity contribution < 1.29 is 15.0 Å². The number of carboxylic acids is 1. The lowest BCUT2D eigenvalue weighted by atomic mass is 10.0. The quantitative estimate of drug-likeness (QED) is 0.890. The van der Waals surface area contributed by atoms with Crippen molar-refractivity contribution >= 4 is 21.9 Å². The van der Waals surface area contributed by atoms with Crippen molar-refractivity contribution in [2.24, 2.45) is 0 Å². The Balaban J connectivity index is 2.52. The topological polar surface area (TPSA) is 57.5 Å². The predicted molar refractivity (Wildman–Crippen MR) is 68.2 cm³/mol. The lowest BCUT2D eigenvalue weighted by molar-refractivity contribution is 0.0697. The van der Waals surface area contributed by atoms with E-state index in [2.05, 4.69) is 15.9 Å². The van der Waals surface area contributed by atoms with Crippen LogP contribution in [0.4, 0.5) is 0 Å². The third-order valence-electron chi connectivity index (χ3n) is 2.33. The molecule has 86 valence electrons. The molecule has 0 atom stereocenters. The molecule has 0 amide bonds. The first-order valence-electron chi connectivity index (χ1n) is 4.89. The average molecular weight is 293 g/mol. The third kappa shape index (κ3) is 2.65. The van der Waals surface area contributed by atoms with Crippen LogP contribution in [0.25, 0.3) is 11.1 Å². The lowest BCUT2D eigenvalue weighted by Crippen LogP contribution is -1.95. The highest BCUT2D eigenvalue weighted by Gasteiger charge is 2.06. The molecule has 0 heterocycles. The molecule has 2 aromatic rings. The first-order chi connectivity index (χ1) is 8.06. The largest absolute Gasteiger partial charge is 0.508 e. The van der Waals surface area contributed by atoms with Gasteiger partial charge in [0.25, 0.3) is 0 Å². The molecule has 0 saturated carbocycles. The Morgan fingerprint density at radius 3 is 2.47 bits per heavy atom. The molecule has 0 aromatic heterocycles. The van der Waals surface area contributed by atoms with Crippen LogP contribution in [0.1, 0.15) is 10.4 Å². The van der Waals surface area contributed by atoms with Gasteiger partial charge in [-0.05, 0) is 41.5 Å². The summed E-state index contributed by atoms with van der Waals surface area (Å²) in [5.74, 6) is -0.832. The van der Waals surface area contributed by atoms with E-state index in [0.717, 1.165) is 15.6 Å². The van der Waals surface area contributed by atoms with E-state index >= 15 is 0 Å². The molecule has 0 saturated heterocycles. The normalized spacial score (nSPS) is 10.2. The van der Waals surface area contributed by atoms with E-state index in [1.54, 1.807) is 30.3 Å². The van der Waals surface area contributed by atoms with Crippen LogP contribution in [0.3, 0.4) is 0 Å². The highest BCUT2D eigenvalue weighted by atomic mass is 79.9. The number of halogens is 1. The summed E-state index contributed by atoms with van der Waals surface area (Å²) in [6.45, 7) is 0. The Kier molecular flexibility index (Phi) is 3.15.